The topological polar surface area (TPSA) is 81.4 Å². The minimum atomic E-state index is -0.773. The van der Waals surface area contributed by atoms with Gasteiger partial charge in [0.25, 0.3) is 0 Å². The number of hydrogen-bond donors (Lipinski definition) is 2. The van der Waals surface area contributed by atoms with Gasteiger partial charge in [-0.2, -0.15) is 0 Å². The zero-order valence-electron chi connectivity index (χ0n) is 10.6. The third kappa shape index (κ3) is 4.73. The van der Waals surface area contributed by atoms with Crippen LogP contribution in [-0.2, 0) is 14.3 Å². The van der Waals surface area contributed by atoms with Crippen molar-refractivity contribution in [3.63, 3.8) is 0 Å². The van der Waals surface area contributed by atoms with Gasteiger partial charge in [-0.25, -0.2) is 0 Å². The van der Waals surface area contributed by atoms with Gasteiger partial charge in [0.05, 0.1) is 25.6 Å². The second kappa shape index (κ2) is 7.56. The van der Waals surface area contributed by atoms with E-state index < -0.39 is 18.1 Å². The SMILES string of the molecule is C#CCC(N)C(=O)NC(CC(=O)OC)c1cccs1. The standard InChI is InChI=1S/C13H16N2O3S/c1-3-5-9(14)13(17)15-10(8-12(16)18-2)11-6-4-7-19-11/h1,4,6-7,9-10H,5,8,14H2,2H3,(H,15,17). The van der Waals surface area contributed by atoms with Crippen molar-refractivity contribution in [1.29, 1.82) is 0 Å². The average molecular weight is 280 g/mol. The van der Waals surface area contributed by atoms with Gasteiger partial charge in [0, 0.05) is 11.3 Å². The summed E-state index contributed by atoms with van der Waals surface area (Å²) in [5, 5.41) is 4.59. The first-order chi connectivity index (χ1) is 9.08. The summed E-state index contributed by atoms with van der Waals surface area (Å²) in [5.74, 6) is 1.56. The Bertz CT molecular complexity index is 465. The molecule has 1 aromatic heterocycles. The molecule has 2 atom stereocenters. The Labute approximate surface area is 116 Å². The van der Waals surface area contributed by atoms with Gasteiger partial charge in [0.1, 0.15) is 0 Å². The Morgan fingerprint density at radius 3 is 2.89 bits per heavy atom. The normalized spacial score (nSPS) is 13.1. The number of carbonyl (C=O) groups excluding carboxylic acids is 2. The fourth-order valence-electron chi connectivity index (χ4n) is 1.46. The van der Waals surface area contributed by atoms with Crippen LogP contribution in [0.4, 0.5) is 0 Å². The molecule has 0 bridgehead atoms. The van der Waals surface area contributed by atoms with Gasteiger partial charge in [0.2, 0.25) is 5.91 Å². The summed E-state index contributed by atoms with van der Waals surface area (Å²) in [5.41, 5.74) is 5.63. The minimum Gasteiger partial charge on any atom is -0.469 e. The summed E-state index contributed by atoms with van der Waals surface area (Å²) in [7, 11) is 1.31. The first kappa shape index (κ1) is 15.2. The first-order valence-corrected chi connectivity index (χ1v) is 6.56. The van der Waals surface area contributed by atoms with Crippen molar-refractivity contribution < 1.29 is 14.3 Å². The molecule has 0 aromatic carbocycles. The smallest absolute Gasteiger partial charge is 0.307 e. The lowest BCUT2D eigenvalue weighted by atomic mass is 10.1. The van der Waals surface area contributed by atoms with Crippen LogP contribution in [0.3, 0.4) is 0 Å². The van der Waals surface area contributed by atoms with Crippen molar-refractivity contribution in [2.45, 2.75) is 24.9 Å². The maximum absolute atomic E-state index is 11.8. The van der Waals surface area contributed by atoms with Gasteiger partial charge in [-0.1, -0.05) is 6.07 Å². The summed E-state index contributed by atoms with van der Waals surface area (Å²) in [6, 6.07) is 2.47. The van der Waals surface area contributed by atoms with Crippen LogP contribution in [0.2, 0.25) is 0 Å². The molecule has 0 saturated heterocycles. The van der Waals surface area contributed by atoms with Crippen LogP contribution in [0.1, 0.15) is 23.8 Å². The molecule has 1 heterocycles. The van der Waals surface area contributed by atoms with E-state index in [1.165, 1.54) is 18.4 Å². The molecule has 0 fully saturated rings. The van der Waals surface area contributed by atoms with Crippen LogP contribution in [0.5, 0.6) is 0 Å². The van der Waals surface area contributed by atoms with Gasteiger partial charge in [-0.15, -0.1) is 23.7 Å². The number of ether oxygens (including phenoxy) is 1. The molecule has 0 spiro atoms. The number of nitrogens with one attached hydrogen (secondary N) is 1. The number of nitrogens with two attached hydrogens (primary N) is 1. The van der Waals surface area contributed by atoms with Crippen molar-refractivity contribution in [2.75, 3.05) is 7.11 Å². The number of esters is 1. The van der Waals surface area contributed by atoms with Crippen LogP contribution in [-0.4, -0.2) is 25.0 Å². The Morgan fingerprint density at radius 1 is 1.63 bits per heavy atom. The molecule has 1 rings (SSSR count). The zero-order valence-corrected chi connectivity index (χ0v) is 11.4. The summed E-state index contributed by atoms with van der Waals surface area (Å²) in [6.07, 6.45) is 5.33. The number of amides is 1. The van der Waals surface area contributed by atoms with Crippen LogP contribution in [0, 0.1) is 12.3 Å². The quantitative estimate of drug-likeness (QED) is 0.597. The van der Waals surface area contributed by atoms with E-state index in [9.17, 15) is 9.59 Å². The summed E-state index contributed by atoms with van der Waals surface area (Å²) in [4.78, 5) is 24.1. The number of thiophene rings is 1. The van der Waals surface area contributed by atoms with Crippen molar-refractivity contribution in [2.24, 2.45) is 5.73 Å². The van der Waals surface area contributed by atoms with Gasteiger partial charge in [-0.3, -0.25) is 9.59 Å². The first-order valence-electron chi connectivity index (χ1n) is 5.68. The van der Waals surface area contributed by atoms with Gasteiger partial charge < -0.3 is 15.8 Å². The molecule has 19 heavy (non-hydrogen) atoms. The van der Waals surface area contributed by atoms with E-state index in [0.29, 0.717) is 0 Å². The molecule has 0 saturated carbocycles. The highest BCUT2D eigenvalue weighted by Crippen LogP contribution is 2.22. The maximum atomic E-state index is 11.8. The summed E-state index contributed by atoms with van der Waals surface area (Å²) >= 11 is 1.45. The summed E-state index contributed by atoms with van der Waals surface area (Å²) < 4.78 is 4.62. The molecule has 2 unspecified atom stereocenters. The Kier molecular flexibility index (Phi) is 6.06. The predicted octanol–water partition coefficient (Wildman–Crippen LogP) is 0.819. The average Bonchev–Trinajstić information content (AvgIpc) is 2.91. The van der Waals surface area contributed by atoms with E-state index in [0.717, 1.165) is 4.88 Å². The molecule has 102 valence electrons. The Balaban J connectivity index is 2.73. The fraction of sp³-hybridized carbons (Fsp3) is 0.385. The van der Waals surface area contributed by atoms with Crippen LogP contribution in [0.15, 0.2) is 17.5 Å². The fourth-order valence-corrected chi connectivity index (χ4v) is 2.24. The highest BCUT2D eigenvalue weighted by molar-refractivity contribution is 7.10. The third-order valence-electron chi connectivity index (χ3n) is 2.48. The summed E-state index contributed by atoms with van der Waals surface area (Å²) in [6.45, 7) is 0. The molecule has 1 aromatic rings. The number of methoxy groups -OCH3 is 1. The van der Waals surface area contributed by atoms with E-state index >= 15 is 0 Å². The zero-order chi connectivity index (χ0) is 14.3. The molecular formula is C13H16N2O3S. The Morgan fingerprint density at radius 2 is 2.37 bits per heavy atom. The molecule has 0 radical (unpaired) electrons. The van der Waals surface area contributed by atoms with E-state index in [4.69, 9.17) is 12.2 Å². The molecular weight excluding hydrogens is 264 g/mol. The predicted molar refractivity (Wildman–Crippen MR) is 73.3 cm³/mol. The Hall–Kier alpha value is -1.84. The van der Waals surface area contributed by atoms with Gasteiger partial charge >= 0.3 is 5.97 Å². The van der Waals surface area contributed by atoms with Gasteiger partial charge in [-0.05, 0) is 11.4 Å². The lowest BCUT2D eigenvalue weighted by Crippen LogP contribution is -2.42. The van der Waals surface area contributed by atoms with Crippen LogP contribution < -0.4 is 11.1 Å². The molecule has 5 nitrogen and oxygen atoms in total. The highest BCUT2D eigenvalue weighted by atomic mass is 32.1. The van der Waals surface area contributed by atoms with E-state index in [1.54, 1.807) is 0 Å². The monoisotopic (exact) mass is 280 g/mol. The number of terminal acetylenes is 1. The molecule has 1 amide bonds. The number of rotatable bonds is 6. The highest BCUT2D eigenvalue weighted by Gasteiger charge is 2.22. The largest absolute Gasteiger partial charge is 0.469 e. The lowest BCUT2D eigenvalue weighted by Gasteiger charge is -2.18. The van der Waals surface area contributed by atoms with Gasteiger partial charge in [0.15, 0.2) is 0 Å². The molecule has 6 heteroatoms. The molecule has 3 N–H and O–H groups in total. The van der Waals surface area contributed by atoms with Crippen molar-refractivity contribution >= 4 is 23.2 Å². The second-order valence-corrected chi connectivity index (χ2v) is 4.85. The van der Waals surface area contributed by atoms with E-state index in [1.807, 2.05) is 17.5 Å². The molecule has 0 aliphatic heterocycles. The number of hydrogen-bond acceptors (Lipinski definition) is 5. The van der Waals surface area contributed by atoms with Crippen molar-refractivity contribution in [3.8, 4) is 12.3 Å². The van der Waals surface area contributed by atoms with Crippen LogP contribution >= 0.6 is 11.3 Å². The maximum Gasteiger partial charge on any atom is 0.307 e. The lowest BCUT2D eigenvalue weighted by molar-refractivity contribution is -0.141. The molecule has 0 aliphatic carbocycles. The third-order valence-corrected chi connectivity index (χ3v) is 3.46. The van der Waals surface area contributed by atoms with E-state index in [2.05, 4.69) is 16.0 Å². The van der Waals surface area contributed by atoms with Crippen molar-refractivity contribution in [3.05, 3.63) is 22.4 Å². The second-order valence-electron chi connectivity index (χ2n) is 3.87. The van der Waals surface area contributed by atoms with Crippen molar-refractivity contribution in [1.82, 2.24) is 5.32 Å². The van der Waals surface area contributed by atoms with E-state index in [-0.39, 0.29) is 18.7 Å². The molecule has 0 aliphatic rings. The number of carbonyl (C=O) groups is 2. The minimum absolute atomic E-state index is 0.0610. The van der Waals surface area contributed by atoms with Crippen LogP contribution in [0.25, 0.3) is 0 Å².